The molecule has 0 atom stereocenters. The van der Waals surface area contributed by atoms with Crippen LogP contribution >= 0.6 is 0 Å². The zero-order chi connectivity index (χ0) is 20.2. The van der Waals surface area contributed by atoms with E-state index in [1.54, 1.807) is 24.3 Å². The molecule has 1 saturated heterocycles. The first kappa shape index (κ1) is 18.9. The van der Waals surface area contributed by atoms with E-state index >= 15 is 0 Å². The van der Waals surface area contributed by atoms with Gasteiger partial charge in [0, 0.05) is 43.6 Å². The van der Waals surface area contributed by atoms with Gasteiger partial charge in [0.15, 0.2) is 0 Å². The Kier molecular flexibility index (Phi) is 5.41. The van der Waals surface area contributed by atoms with E-state index in [0.717, 1.165) is 11.3 Å². The second kappa shape index (κ2) is 8.30. The number of likely N-dealkylation sites (tertiary alicyclic amines) is 1. The van der Waals surface area contributed by atoms with Crippen molar-refractivity contribution in [3.63, 3.8) is 0 Å². The molecule has 150 valence electrons. The van der Waals surface area contributed by atoms with E-state index in [1.165, 1.54) is 6.20 Å². The summed E-state index contributed by atoms with van der Waals surface area (Å²) in [5, 5.41) is 6.68. The van der Waals surface area contributed by atoms with Gasteiger partial charge in [0.05, 0.1) is 12.5 Å². The number of carbonyl (C=O) groups is 2. The Labute approximate surface area is 168 Å². The van der Waals surface area contributed by atoms with E-state index in [1.807, 2.05) is 35.0 Å². The topological polar surface area (TPSA) is 93.3 Å². The molecule has 2 amide bonds. The summed E-state index contributed by atoms with van der Waals surface area (Å²) in [5.41, 5.74) is 2.56. The Balaban J connectivity index is 1.26. The number of rotatable bonds is 5. The molecule has 0 saturated carbocycles. The Morgan fingerprint density at radius 2 is 1.97 bits per heavy atom. The third kappa shape index (κ3) is 4.21. The molecule has 1 aliphatic heterocycles. The maximum Gasteiger partial charge on any atom is 0.259 e. The van der Waals surface area contributed by atoms with E-state index in [4.69, 9.17) is 4.52 Å². The number of imidazole rings is 1. The molecule has 0 bridgehead atoms. The molecule has 29 heavy (non-hydrogen) atoms. The predicted molar refractivity (Wildman–Crippen MR) is 105 cm³/mol. The van der Waals surface area contributed by atoms with Gasteiger partial charge in [-0.05, 0) is 37.5 Å². The van der Waals surface area contributed by atoms with Gasteiger partial charge in [-0.1, -0.05) is 17.3 Å². The standard InChI is InChI=1S/C21H23N5O3/c1-15-19(13-24-29-15)21(28)25-9-6-17(7-10-25)20(27)23-12-16-2-4-18(5-3-16)26-11-8-22-14-26/h2-5,8,11,13-14,17H,6-7,9-10,12H2,1H3,(H,23,27). The van der Waals surface area contributed by atoms with E-state index in [9.17, 15) is 9.59 Å². The molecule has 3 heterocycles. The molecular formula is C21H23N5O3. The maximum absolute atomic E-state index is 12.5. The van der Waals surface area contributed by atoms with Crippen LogP contribution < -0.4 is 5.32 Å². The number of nitrogens with zero attached hydrogens (tertiary/aromatic N) is 4. The summed E-state index contributed by atoms with van der Waals surface area (Å²) in [7, 11) is 0. The fraction of sp³-hybridized carbons (Fsp3) is 0.333. The van der Waals surface area contributed by atoms with Crippen molar-refractivity contribution >= 4 is 11.8 Å². The summed E-state index contributed by atoms with van der Waals surface area (Å²) in [6.07, 6.45) is 8.13. The van der Waals surface area contributed by atoms with Crippen molar-refractivity contribution in [2.75, 3.05) is 13.1 Å². The molecular weight excluding hydrogens is 370 g/mol. The van der Waals surface area contributed by atoms with E-state index in [-0.39, 0.29) is 17.7 Å². The number of carbonyl (C=O) groups excluding carboxylic acids is 2. The Morgan fingerprint density at radius 3 is 2.59 bits per heavy atom. The third-order valence-corrected chi connectivity index (χ3v) is 5.34. The molecule has 1 aliphatic rings. The summed E-state index contributed by atoms with van der Waals surface area (Å²) >= 11 is 0. The van der Waals surface area contributed by atoms with Crippen LogP contribution in [0.15, 0.2) is 53.7 Å². The van der Waals surface area contributed by atoms with Crippen LogP contribution in [0, 0.1) is 12.8 Å². The van der Waals surface area contributed by atoms with E-state index < -0.39 is 0 Å². The number of hydrogen-bond acceptors (Lipinski definition) is 5. The van der Waals surface area contributed by atoms with Gasteiger partial charge < -0.3 is 19.3 Å². The molecule has 4 rings (SSSR count). The van der Waals surface area contributed by atoms with Crippen LogP contribution in [0.2, 0.25) is 0 Å². The molecule has 8 heteroatoms. The summed E-state index contributed by atoms with van der Waals surface area (Å²) in [5.74, 6) is 0.402. The zero-order valence-corrected chi connectivity index (χ0v) is 16.2. The largest absolute Gasteiger partial charge is 0.361 e. The number of hydrogen-bond donors (Lipinski definition) is 1. The number of amides is 2. The minimum atomic E-state index is -0.0828. The summed E-state index contributed by atoms with van der Waals surface area (Å²) in [4.78, 5) is 30.8. The van der Waals surface area contributed by atoms with Gasteiger partial charge in [0.1, 0.15) is 11.3 Å². The third-order valence-electron chi connectivity index (χ3n) is 5.34. The highest BCUT2D eigenvalue weighted by molar-refractivity contribution is 5.95. The quantitative estimate of drug-likeness (QED) is 0.718. The van der Waals surface area contributed by atoms with Crippen molar-refractivity contribution in [2.24, 2.45) is 5.92 Å². The molecule has 1 aromatic carbocycles. The average molecular weight is 393 g/mol. The Morgan fingerprint density at radius 1 is 1.21 bits per heavy atom. The molecule has 2 aromatic heterocycles. The van der Waals surface area contributed by atoms with Crippen molar-refractivity contribution in [3.8, 4) is 5.69 Å². The predicted octanol–water partition coefficient (Wildman–Crippen LogP) is 2.34. The average Bonchev–Trinajstić information content (AvgIpc) is 3.44. The van der Waals surface area contributed by atoms with Crippen molar-refractivity contribution in [3.05, 3.63) is 66.1 Å². The lowest BCUT2D eigenvalue weighted by atomic mass is 9.95. The van der Waals surface area contributed by atoms with Gasteiger partial charge in [-0.2, -0.15) is 0 Å². The second-order valence-corrected chi connectivity index (χ2v) is 7.22. The summed E-state index contributed by atoms with van der Waals surface area (Å²) in [6, 6.07) is 8.00. The number of piperidine rings is 1. The first-order valence-electron chi connectivity index (χ1n) is 9.67. The number of aryl methyl sites for hydroxylation is 1. The van der Waals surface area contributed by atoms with Gasteiger partial charge in [0.2, 0.25) is 5.91 Å². The van der Waals surface area contributed by atoms with Gasteiger partial charge in [0.25, 0.3) is 5.91 Å². The SMILES string of the molecule is Cc1oncc1C(=O)N1CCC(C(=O)NCc2ccc(-n3ccnc3)cc2)CC1. The van der Waals surface area contributed by atoms with Gasteiger partial charge in [-0.25, -0.2) is 4.98 Å². The lowest BCUT2D eigenvalue weighted by molar-refractivity contribution is -0.126. The molecule has 0 unspecified atom stereocenters. The van der Waals surface area contributed by atoms with Crippen LogP contribution in [-0.4, -0.2) is 44.5 Å². The maximum atomic E-state index is 12.5. The van der Waals surface area contributed by atoms with Crippen LogP contribution in [0.4, 0.5) is 0 Å². The Bertz CT molecular complexity index is 970. The molecule has 0 spiro atoms. The highest BCUT2D eigenvalue weighted by Gasteiger charge is 2.29. The normalized spacial score (nSPS) is 14.7. The minimum absolute atomic E-state index is 0.0388. The molecule has 0 aliphatic carbocycles. The highest BCUT2D eigenvalue weighted by atomic mass is 16.5. The molecule has 3 aromatic rings. The lowest BCUT2D eigenvalue weighted by Crippen LogP contribution is -2.43. The lowest BCUT2D eigenvalue weighted by Gasteiger charge is -2.31. The van der Waals surface area contributed by atoms with Crippen molar-refractivity contribution in [1.82, 2.24) is 24.9 Å². The minimum Gasteiger partial charge on any atom is -0.361 e. The number of nitrogens with one attached hydrogen (secondary N) is 1. The van der Waals surface area contributed by atoms with Crippen LogP contribution in [0.1, 0.15) is 34.5 Å². The molecule has 8 nitrogen and oxygen atoms in total. The summed E-state index contributed by atoms with van der Waals surface area (Å²) < 4.78 is 6.90. The van der Waals surface area contributed by atoms with Crippen molar-refractivity contribution in [2.45, 2.75) is 26.3 Å². The van der Waals surface area contributed by atoms with Crippen LogP contribution in [0.5, 0.6) is 0 Å². The monoisotopic (exact) mass is 393 g/mol. The molecule has 0 radical (unpaired) electrons. The molecule has 1 N–H and O–H groups in total. The molecule has 1 fully saturated rings. The highest BCUT2D eigenvalue weighted by Crippen LogP contribution is 2.20. The van der Waals surface area contributed by atoms with E-state index in [2.05, 4.69) is 15.5 Å². The van der Waals surface area contributed by atoms with Gasteiger partial charge in [-0.3, -0.25) is 9.59 Å². The summed E-state index contributed by atoms with van der Waals surface area (Å²) in [6.45, 7) is 3.33. The fourth-order valence-corrected chi connectivity index (χ4v) is 3.55. The Hall–Kier alpha value is -3.42. The number of aromatic nitrogens is 3. The first-order valence-corrected chi connectivity index (χ1v) is 9.67. The first-order chi connectivity index (χ1) is 14.1. The van der Waals surface area contributed by atoms with Gasteiger partial charge >= 0.3 is 0 Å². The van der Waals surface area contributed by atoms with Crippen LogP contribution in [0.25, 0.3) is 5.69 Å². The van der Waals surface area contributed by atoms with Crippen LogP contribution in [0.3, 0.4) is 0 Å². The number of benzene rings is 1. The fourth-order valence-electron chi connectivity index (χ4n) is 3.55. The van der Waals surface area contributed by atoms with Crippen molar-refractivity contribution < 1.29 is 14.1 Å². The van der Waals surface area contributed by atoms with Gasteiger partial charge in [-0.15, -0.1) is 0 Å². The smallest absolute Gasteiger partial charge is 0.259 e. The van der Waals surface area contributed by atoms with E-state index in [0.29, 0.717) is 43.8 Å². The zero-order valence-electron chi connectivity index (χ0n) is 16.2. The van der Waals surface area contributed by atoms with Crippen LogP contribution in [-0.2, 0) is 11.3 Å². The van der Waals surface area contributed by atoms with Crippen molar-refractivity contribution in [1.29, 1.82) is 0 Å². The second-order valence-electron chi connectivity index (χ2n) is 7.22.